The summed E-state index contributed by atoms with van der Waals surface area (Å²) in [5.74, 6) is 1.83. The zero-order valence-corrected chi connectivity index (χ0v) is 20.0. The van der Waals surface area contributed by atoms with Crippen LogP contribution in [0.15, 0.2) is 76.3 Å². The van der Waals surface area contributed by atoms with Gasteiger partial charge in [-0.15, -0.1) is 11.3 Å². The maximum atomic E-state index is 5.81. The molecule has 0 aliphatic carbocycles. The zero-order valence-electron chi connectivity index (χ0n) is 18.4. The van der Waals surface area contributed by atoms with Crippen LogP contribution >= 0.6 is 23.6 Å². The van der Waals surface area contributed by atoms with Crippen molar-refractivity contribution in [2.75, 3.05) is 12.0 Å². The van der Waals surface area contributed by atoms with E-state index in [1.54, 1.807) is 18.4 Å². The van der Waals surface area contributed by atoms with Gasteiger partial charge in [-0.05, 0) is 67.3 Å². The molecule has 0 amide bonds. The number of rotatable bonds is 5. The van der Waals surface area contributed by atoms with Crippen molar-refractivity contribution in [2.24, 2.45) is 0 Å². The minimum Gasteiger partial charge on any atom is -0.497 e. The first kappa shape index (κ1) is 21.4. The lowest BCUT2D eigenvalue weighted by molar-refractivity contribution is 0.404. The third kappa shape index (κ3) is 4.03. The second-order valence-electron chi connectivity index (χ2n) is 7.73. The maximum Gasteiger partial charge on any atom is 0.258 e. The van der Waals surface area contributed by atoms with Crippen LogP contribution in [0.5, 0.6) is 5.75 Å². The Hall–Kier alpha value is -3.49. The number of hydrogen-bond acceptors (Lipinski definition) is 6. The Morgan fingerprint density at radius 2 is 1.82 bits per heavy atom. The van der Waals surface area contributed by atoms with Crippen molar-refractivity contribution in [1.82, 2.24) is 15.5 Å². The van der Waals surface area contributed by atoms with Crippen LogP contribution in [0.3, 0.4) is 0 Å². The molecule has 0 bridgehead atoms. The highest BCUT2D eigenvalue weighted by molar-refractivity contribution is 7.80. The molecule has 1 aliphatic heterocycles. The third-order valence-corrected chi connectivity index (χ3v) is 6.79. The number of allylic oxidation sites excluding steroid dienone is 1. The van der Waals surface area contributed by atoms with Crippen LogP contribution in [0.4, 0.5) is 5.69 Å². The monoisotopic (exact) mass is 474 g/mol. The van der Waals surface area contributed by atoms with Crippen molar-refractivity contribution in [3.63, 3.8) is 0 Å². The predicted molar refractivity (Wildman–Crippen MR) is 135 cm³/mol. The topological polar surface area (TPSA) is 63.4 Å². The standard InChI is InChI=1S/C25H22N4O2S2/c1-15-6-8-17(9-7-15)22-21(24-27-23(28-31-24)20-5-4-14-33-20)16(2)29(25(32)26-22)18-10-12-19(30-3)13-11-18/h4-14,22H,1-3H3,(H,26,32). The molecule has 0 fully saturated rings. The summed E-state index contributed by atoms with van der Waals surface area (Å²) in [6, 6.07) is 19.9. The molecule has 1 atom stereocenters. The molecule has 1 aliphatic rings. The van der Waals surface area contributed by atoms with E-state index in [2.05, 4.69) is 41.7 Å². The van der Waals surface area contributed by atoms with Gasteiger partial charge in [0.2, 0.25) is 5.82 Å². The molecule has 3 heterocycles. The lowest BCUT2D eigenvalue weighted by Gasteiger charge is -2.37. The molecule has 166 valence electrons. The summed E-state index contributed by atoms with van der Waals surface area (Å²) in [5, 5.41) is 10.3. The number of methoxy groups -OCH3 is 1. The quantitative estimate of drug-likeness (QED) is 0.357. The van der Waals surface area contributed by atoms with Crippen molar-refractivity contribution in [3.8, 4) is 16.5 Å². The number of hydrogen-bond donors (Lipinski definition) is 1. The fourth-order valence-corrected chi connectivity index (χ4v) is 4.92. The number of nitrogens with one attached hydrogen (secondary N) is 1. The molecular weight excluding hydrogens is 452 g/mol. The first-order valence-electron chi connectivity index (χ1n) is 10.4. The van der Waals surface area contributed by atoms with E-state index < -0.39 is 0 Å². The molecule has 5 rings (SSSR count). The summed E-state index contributed by atoms with van der Waals surface area (Å²) < 4.78 is 11.1. The van der Waals surface area contributed by atoms with Gasteiger partial charge in [0.15, 0.2) is 5.11 Å². The summed E-state index contributed by atoms with van der Waals surface area (Å²) >= 11 is 7.38. The molecule has 6 nitrogen and oxygen atoms in total. The maximum absolute atomic E-state index is 5.81. The average Bonchev–Trinajstić information content (AvgIpc) is 3.52. The second-order valence-corrected chi connectivity index (χ2v) is 9.06. The number of benzene rings is 2. The fourth-order valence-electron chi connectivity index (χ4n) is 3.91. The molecule has 0 spiro atoms. The van der Waals surface area contributed by atoms with E-state index in [4.69, 9.17) is 26.5 Å². The number of aromatic nitrogens is 2. The van der Waals surface area contributed by atoms with Gasteiger partial charge in [0.25, 0.3) is 5.89 Å². The van der Waals surface area contributed by atoms with Crippen molar-refractivity contribution < 1.29 is 9.26 Å². The van der Waals surface area contributed by atoms with Crippen LogP contribution in [0.1, 0.15) is 30.0 Å². The van der Waals surface area contributed by atoms with Gasteiger partial charge in [0.05, 0.1) is 23.6 Å². The Bertz CT molecular complexity index is 1310. The van der Waals surface area contributed by atoms with Crippen molar-refractivity contribution in [2.45, 2.75) is 19.9 Å². The first-order valence-corrected chi connectivity index (χ1v) is 11.7. The highest BCUT2D eigenvalue weighted by Gasteiger charge is 2.34. The molecule has 2 aromatic carbocycles. The van der Waals surface area contributed by atoms with E-state index in [0.717, 1.165) is 33.1 Å². The van der Waals surface area contributed by atoms with Gasteiger partial charge >= 0.3 is 0 Å². The predicted octanol–water partition coefficient (Wildman–Crippen LogP) is 5.98. The number of anilines is 1. The van der Waals surface area contributed by atoms with E-state index in [0.29, 0.717) is 16.8 Å². The lowest BCUT2D eigenvalue weighted by Crippen LogP contribution is -2.46. The van der Waals surface area contributed by atoms with E-state index in [1.807, 2.05) is 53.6 Å². The number of ether oxygens (including phenoxy) is 1. The zero-order chi connectivity index (χ0) is 22.9. The Balaban J connectivity index is 1.64. The highest BCUT2D eigenvalue weighted by atomic mass is 32.1. The van der Waals surface area contributed by atoms with E-state index in [9.17, 15) is 0 Å². The molecule has 1 N–H and O–H groups in total. The Kier molecular flexibility index (Phi) is 5.70. The largest absolute Gasteiger partial charge is 0.497 e. The van der Waals surface area contributed by atoms with Crippen LogP contribution in [0, 0.1) is 6.92 Å². The Morgan fingerprint density at radius 1 is 1.06 bits per heavy atom. The van der Waals surface area contributed by atoms with E-state index in [-0.39, 0.29) is 6.04 Å². The first-order chi connectivity index (χ1) is 16.0. The van der Waals surface area contributed by atoms with Crippen molar-refractivity contribution >= 4 is 39.9 Å². The molecule has 1 unspecified atom stereocenters. The molecule has 0 saturated carbocycles. The van der Waals surface area contributed by atoms with Crippen molar-refractivity contribution in [1.29, 1.82) is 0 Å². The minimum absolute atomic E-state index is 0.218. The fraction of sp³-hybridized carbons (Fsp3) is 0.160. The van der Waals surface area contributed by atoms with Crippen molar-refractivity contribution in [3.05, 3.63) is 88.8 Å². The lowest BCUT2D eigenvalue weighted by atomic mass is 9.94. The number of nitrogens with zero attached hydrogens (tertiary/aromatic N) is 3. The molecular formula is C25H22N4O2S2. The van der Waals surface area contributed by atoms with Gasteiger partial charge in [0.1, 0.15) is 5.75 Å². The summed E-state index contributed by atoms with van der Waals surface area (Å²) in [7, 11) is 1.65. The van der Waals surface area contributed by atoms with Crippen LogP contribution in [-0.4, -0.2) is 22.4 Å². The average molecular weight is 475 g/mol. The van der Waals surface area contributed by atoms with E-state index >= 15 is 0 Å². The van der Waals surface area contributed by atoms with Gasteiger partial charge in [0, 0.05) is 11.4 Å². The second kappa shape index (κ2) is 8.80. The molecule has 33 heavy (non-hydrogen) atoms. The van der Waals surface area contributed by atoms with Gasteiger partial charge in [-0.25, -0.2) is 0 Å². The van der Waals surface area contributed by atoms with Crippen LogP contribution in [0.25, 0.3) is 16.3 Å². The summed E-state index contributed by atoms with van der Waals surface area (Å²) in [5.41, 5.74) is 5.00. The van der Waals surface area contributed by atoms with Crippen LogP contribution in [-0.2, 0) is 0 Å². The van der Waals surface area contributed by atoms with Gasteiger partial charge in [-0.2, -0.15) is 4.98 Å². The molecule has 2 aromatic heterocycles. The molecule has 4 aromatic rings. The summed E-state index contributed by atoms with van der Waals surface area (Å²) in [6.07, 6.45) is 0. The SMILES string of the molecule is COc1ccc(N2C(=S)NC(c3ccc(C)cc3)C(c3nc(-c4cccs4)no3)=C2C)cc1. The molecule has 0 radical (unpaired) electrons. The van der Waals surface area contributed by atoms with Gasteiger partial charge in [-0.3, -0.25) is 4.90 Å². The smallest absolute Gasteiger partial charge is 0.258 e. The minimum atomic E-state index is -0.218. The highest BCUT2D eigenvalue weighted by Crippen LogP contribution is 2.39. The summed E-state index contributed by atoms with van der Waals surface area (Å²) in [4.78, 5) is 7.70. The van der Waals surface area contributed by atoms with Crippen LogP contribution < -0.4 is 15.0 Å². The number of thiophene rings is 1. The molecule has 0 saturated heterocycles. The summed E-state index contributed by atoms with van der Waals surface area (Å²) in [6.45, 7) is 4.10. The van der Waals surface area contributed by atoms with Gasteiger partial charge in [-0.1, -0.05) is 41.1 Å². The van der Waals surface area contributed by atoms with E-state index in [1.165, 1.54) is 5.56 Å². The van der Waals surface area contributed by atoms with Gasteiger partial charge < -0.3 is 14.6 Å². The Morgan fingerprint density at radius 3 is 2.48 bits per heavy atom. The normalized spacial score (nSPS) is 16.2. The van der Waals surface area contributed by atoms with Crippen LogP contribution in [0.2, 0.25) is 0 Å². The number of thiocarbonyl (C=S) groups is 1. The molecule has 8 heteroatoms. The third-order valence-electron chi connectivity index (χ3n) is 5.62. The number of aryl methyl sites for hydroxylation is 1. The Labute approximate surface area is 201 Å².